The van der Waals surface area contributed by atoms with Gasteiger partial charge >= 0.3 is 0 Å². The molecule has 9 heteroatoms. The van der Waals surface area contributed by atoms with E-state index in [1.165, 1.54) is 11.8 Å². The zero-order valence-electron chi connectivity index (χ0n) is 18.4. The number of halogens is 1. The van der Waals surface area contributed by atoms with Gasteiger partial charge in [-0.3, -0.25) is 9.59 Å². The number of anilines is 1. The van der Waals surface area contributed by atoms with Crippen LogP contribution in [0.5, 0.6) is 0 Å². The van der Waals surface area contributed by atoms with Gasteiger partial charge < -0.3 is 15.2 Å². The Kier molecular flexibility index (Phi) is 8.30. The van der Waals surface area contributed by atoms with Crippen LogP contribution in [0, 0.1) is 16.4 Å². The Hall–Kier alpha value is -2.40. The molecule has 32 heavy (non-hydrogen) atoms. The molecule has 0 radical (unpaired) electrons. The summed E-state index contributed by atoms with van der Waals surface area (Å²) >= 11 is 3.53. The Balaban J connectivity index is 1.66. The molecule has 0 saturated heterocycles. The Morgan fingerprint density at radius 1 is 1.12 bits per heavy atom. The third-order valence-corrected chi connectivity index (χ3v) is 6.58. The molecule has 168 valence electrons. The lowest BCUT2D eigenvalue weighted by molar-refractivity contribution is -0.113. The first-order chi connectivity index (χ1) is 15.2. The second-order valence-corrected chi connectivity index (χ2v) is 10.00. The van der Waals surface area contributed by atoms with Crippen LogP contribution < -0.4 is 10.6 Å². The molecule has 2 N–H and O–H groups in total. The molecule has 1 heterocycles. The predicted octanol–water partition coefficient (Wildman–Crippen LogP) is 4.59. The Labute approximate surface area is 205 Å². The molecule has 0 aliphatic heterocycles. The summed E-state index contributed by atoms with van der Waals surface area (Å²) in [7, 11) is 1.85. The number of benzene rings is 2. The monoisotopic (exact) mass is 563 g/mol. The standard InChI is InChI=1S/C23H26IN5O2S/c1-14(2)20(26-22(31)16-7-5-6-15(3)12-16)21-27-28-23(29(21)4)32-13-19(30)25-18-10-8-17(24)9-11-18/h5-12,14,20H,13H2,1-4H3,(H,25,30)(H,26,31)/t20-/m1/s1. The van der Waals surface area contributed by atoms with Gasteiger partial charge in [-0.1, -0.05) is 43.3 Å². The molecule has 2 aromatic carbocycles. The van der Waals surface area contributed by atoms with Crippen LogP contribution >= 0.6 is 34.4 Å². The highest BCUT2D eigenvalue weighted by atomic mass is 127. The molecule has 3 aromatic rings. The maximum atomic E-state index is 12.8. The Morgan fingerprint density at radius 3 is 2.50 bits per heavy atom. The van der Waals surface area contributed by atoms with Gasteiger partial charge in [0.25, 0.3) is 5.91 Å². The van der Waals surface area contributed by atoms with Gasteiger partial charge in [0.2, 0.25) is 5.91 Å². The summed E-state index contributed by atoms with van der Waals surface area (Å²) in [6.07, 6.45) is 0. The quantitative estimate of drug-likeness (QED) is 0.309. The number of thioether (sulfide) groups is 1. The van der Waals surface area contributed by atoms with E-state index in [4.69, 9.17) is 0 Å². The number of aryl methyl sites for hydroxylation is 1. The van der Waals surface area contributed by atoms with E-state index < -0.39 is 0 Å². The van der Waals surface area contributed by atoms with Gasteiger partial charge in [-0.2, -0.15) is 0 Å². The van der Waals surface area contributed by atoms with Gasteiger partial charge in [0.05, 0.1) is 11.8 Å². The van der Waals surface area contributed by atoms with Crippen LogP contribution in [-0.2, 0) is 11.8 Å². The molecule has 0 aliphatic rings. The lowest BCUT2D eigenvalue weighted by Crippen LogP contribution is -2.33. The topological polar surface area (TPSA) is 88.9 Å². The van der Waals surface area contributed by atoms with Gasteiger partial charge in [0.1, 0.15) is 0 Å². The highest BCUT2D eigenvalue weighted by Crippen LogP contribution is 2.24. The highest BCUT2D eigenvalue weighted by Gasteiger charge is 2.25. The second kappa shape index (κ2) is 11.0. The summed E-state index contributed by atoms with van der Waals surface area (Å²) in [6, 6.07) is 14.8. The van der Waals surface area contributed by atoms with Crippen LogP contribution in [-0.4, -0.2) is 32.3 Å². The summed E-state index contributed by atoms with van der Waals surface area (Å²) in [5, 5.41) is 15.1. The molecule has 0 aliphatic carbocycles. The zero-order chi connectivity index (χ0) is 23.3. The minimum atomic E-state index is -0.310. The van der Waals surface area contributed by atoms with Crippen molar-refractivity contribution in [2.75, 3.05) is 11.1 Å². The van der Waals surface area contributed by atoms with Crippen molar-refractivity contribution in [2.24, 2.45) is 13.0 Å². The minimum Gasteiger partial charge on any atom is -0.342 e. The fourth-order valence-electron chi connectivity index (χ4n) is 3.12. The van der Waals surface area contributed by atoms with Crippen LogP contribution in [0.4, 0.5) is 5.69 Å². The van der Waals surface area contributed by atoms with E-state index in [9.17, 15) is 9.59 Å². The van der Waals surface area contributed by atoms with Crippen molar-refractivity contribution >= 4 is 51.9 Å². The smallest absolute Gasteiger partial charge is 0.251 e. The normalized spacial score (nSPS) is 11.9. The first-order valence-corrected chi connectivity index (χ1v) is 12.3. The number of aromatic nitrogens is 3. The second-order valence-electron chi connectivity index (χ2n) is 7.81. The molecule has 0 spiro atoms. The van der Waals surface area contributed by atoms with Crippen molar-refractivity contribution in [3.8, 4) is 0 Å². The number of carbonyl (C=O) groups is 2. The Bertz CT molecular complexity index is 1100. The van der Waals surface area contributed by atoms with E-state index >= 15 is 0 Å². The number of rotatable bonds is 8. The molecule has 2 amide bonds. The van der Waals surface area contributed by atoms with Crippen molar-refractivity contribution in [1.29, 1.82) is 0 Å². The molecule has 0 saturated carbocycles. The third kappa shape index (κ3) is 6.32. The number of nitrogens with one attached hydrogen (secondary N) is 2. The summed E-state index contributed by atoms with van der Waals surface area (Å²) in [4.78, 5) is 25.1. The van der Waals surface area contributed by atoms with E-state index in [2.05, 4.69) is 43.4 Å². The van der Waals surface area contributed by atoms with Crippen LogP contribution in [0.2, 0.25) is 0 Å². The van der Waals surface area contributed by atoms with Crippen LogP contribution in [0.3, 0.4) is 0 Å². The molecule has 1 aromatic heterocycles. The first kappa shape index (κ1) is 24.2. The van der Waals surface area contributed by atoms with Crippen molar-refractivity contribution in [2.45, 2.75) is 32.0 Å². The molecular formula is C23H26IN5O2S. The summed E-state index contributed by atoms with van der Waals surface area (Å²) in [5.41, 5.74) is 2.40. The number of hydrogen-bond donors (Lipinski definition) is 2. The van der Waals surface area contributed by atoms with Gasteiger partial charge in [0.15, 0.2) is 11.0 Å². The largest absolute Gasteiger partial charge is 0.342 e. The summed E-state index contributed by atoms with van der Waals surface area (Å²) in [6.45, 7) is 6.01. The zero-order valence-corrected chi connectivity index (χ0v) is 21.4. The fourth-order valence-corrected chi connectivity index (χ4v) is 4.20. The summed E-state index contributed by atoms with van der Waals surface area (Å²) < 4.78 is 2.94. The molecule has 0 unspecified atom stereocenters. The molecule has 3 rings (SSSR count). The van der Waals surface area contributed by atoms with Gasteiger partial charge in [-0.05, 0) is 71.8 Å². The molecule has 1 atom stereocenters. The van der Waals surface area contributed by atoms with Gasteiger partial charge in [-0.15, -0.1) is 10.2 Å². The first-order valence-electron chi connectivity index (χ1n) is 10.2. The fraction of sp³-hybridized carbons (Fsp3) is 0.304. The van der Waals surface area contributed by atoms with Crippen molar-refractivity contribution in [3.63, 3.8) is 0 Å². The van der Waals surface area contributed by atoms with E-state index in [1.54, 1.807) is 6.07 Å². The minimum absolute atomic E-state index is 0.105. The van der Waals surface area contributed by atoms with E-state index in [0.29, 0.717) is 16.5 Å². The molecule has 7 nitrogen and oxygen atoms in total. The van der Waals surface area contributed by atoms with Gasteiger partial charge in [-0.25, -0.2) is 0 Å². The summed E-state index contributed by atoms with van der Waals surface area (Å²) in [5.74, 6) is 0.700. The van der Waals surface area contributed by atoms with Crippen LogP contribution in [0.1, 0.15) is 41.6 Å². The van der Waals surface area contributed by atoms with Crippen LogP contribution in [0.15, 0.2) is 53.7 Å². The number of nitrogens with zero attached hydrogens (tertiary/aromatic N) is 3. The lowest BCUT2D eigenvalue weighted by atomic mass is 10.0. The average Bonchev–Trinajstić information content (AvgIpc) is 3.11. The Morgan fingerprint density at radius 2 is 1.84 bits per heavy atom. The number of hydrogen-bond acceptors (Lipinski definition) is 5. The van der Waals surface area contributed by atoms with E-state index in [-0.39, 0.29) is 29.5 Å². The maximum Gasteiger partial charge on any atom is 0.251 e. The van der Waals surface area contributed by atoms with Crippen molar-refractivity contribution < 1.29 is 9.59 Å². The SMILES string of the molecule is Cc1cccc(C(=O)N[C@@H](c2nnc(SCC(=O)Nc3ccc(I)cc3)n2C)C(C)C)c1. The van der Waals surface area contributed by atoms with E-state index in [1.807, 2.05) is 74.9 Å². The van der Waals surface area contributed by atoms with E-state index in [0.717, 1.165) is 14.8 Å². The third-order valence-electron chi connectivity index (χ3n) is 4.84. The number of carbonyl (C=O) groups excluding carboxylic acids is 2. The van der Waals surface area contributed by atoms with Gasteiger partial charge in [0, 0.05) is 21.9 Å². The highest BCUT2D eigenvalue weighted by molar-refractivity contribution is 14.1. The number of amides is 2. The average molecular weight is 563 g/mol. The molecular weight excluding hydrogens is 537 g/mol. The lowest BCUT2D eigenvalue weighted by Gasteiger charge is -2.21. The van der Waals surface area contributed by atoms with Crippen molar-refractivity contribution in [3.05, 3.63) is 69.1 Å². The molecule has 0 fully saturated rings. The van der Waals surface area contributed by atoms with Crippen LogP contribution in [0.25, 0.3) is 0 Å². The molecule has 0 bridgehead atoms. The van der Waals surface area contributed by atoms with Crippen molar-refractivity contribution in [1.82, 2.24) is 20.1 Å². The predicted molar refractivity (Wildman–Crippen MR) is 136 cm³/mol. The maximum absolute atomic E-state index is 12.8.